The van der Waals surface area contributed by atoms with E-state index >= 15 is 0 Å². The van der Waals surface area contributed by atoms with E-state index in [-0.39, 0.29) is 0 Å². The Morgan fingerprint density at radius 3 is 2.75 bits per heavy atom. The molecule has 0 saturated carbocycles. The van der Waals surface area contributed by atoms with Gasteiger partial charge in [0, 0.05) is 38.4 Å². The molecule has 1 aliphatic heterocycles. The van der Waals surface area contributed by atoms with Crippen molar-refractivity contribution in [3.63, 3.8) is 0 Å². The zero-order chi connectivity index (χ0) is 14.5. The van der Waals surface area contributed by atoms with Gasteiger partial charge in [-0.05, 0) is 30.9 Å². The molecule has 1 heterocycles. The lowest BCUT2D eigenvalue weighted by Gasteiger charge is -2.29. The smallest absolute Gasteiger partial charge is 0.120 e. The zero-order valence-electron chi connectivity index (χ0n) is 12.1. The van der Waals surface area contributed by atoms with Gasteiger partial charge in [0.2, 0.25) is 0 Å². The maximum absolute atomic E-state index is 5.82. The summed E-state index contributed by atoms with van der Waals surface area (Å²) in [5, 5.41) is 0. The van der Waals surface area contributed by atoms with Crippen molar-refractivity contribution in [1.82, 2.24) is 0 Å². The van der Waals surface area contributed by atoms with Crippen LogP contribution in [0.25, 0.3) is 0 Å². The second-order valence-corrected chi connectivity index (χ2v) is 5.62. The van der Waals surface area contributed by atoms with E-state index in [0.717, 1.165) is 49.6 Å². The van der Waals surface area contributed by atoms with E-state index in [1.165, 1.54) is 0 Å². The van der Waals surface area contributed by atoms with Crippen LogP contribution >= 0.6 is 12.2 Å². The molecule has 1 saturated heterocycles. The zero-order valence-corrected chi connectivity index (χ0v) is 12.9. The number of anilines is 1. The highest BCUT2D eigenvalue weighted by Crippen LogP contribution is 2.27. The van der Waals surface area contributed by atoms with Crippen LogP contribution in [0, 0.1) is 5.92 Å². The van der Waals surface area contributed by atoms with E-state index in [2.05, 4.69) is 11.9 Å². The van der Waals surface area contributed by atoms with E-state index in [4.69, 9.17) is 27.4 Å². The summed E-state index contributed by atoms with van der Waals surface area (Å²) >= 11 is 5.14. The number of hydrogen-bond acceptors (Lipinski definition) is 4. The molecule has 0 radical (unpaired) electrons. The summed E-state index contributed by atoms with van der Waals surface area (Å²) in [6, 6.07) is 5.81. The molecule has 0 aliphatic carbocycles. The minimum atomic E-state index is 0.418. The van der Waals surface area contributed by atoms with Crippen LogP contribution in [0.3, 0.4) is 0 Å². The highest BCUT2D eigenvalue weighted by molar-refractivity contribution is 7.80. The molecule has 0 aromatic heterocycles. The summed E-state index contributed by atoms with van der Waals surface area (Å²) in [5.74, 6) is 1.47. The maximum atomic E-state index is 5.82. The molecule has 1 aromatic rings. The van der Waals surface area contributed by atoms with Gasteiger partial charge in [-0.2, -0.15) is 0 Å². The van der Waals surface area contributed by atoms with Crippen molar-refractivity contribution in [3.8, 4) is 5.75 Å². The largest absolute Gasteiger partial charge is 0.497 e. The average molecular weight is 294 g/mol. The van der Waals surface area contributed by atoms with Crippen LogP contribution < -0.4 is 15.4 Å². The molecule has 0 bridgehead atoms. The summed E-state index contributed by atoms with van der Waals surface area (Å²) < 4.78 is 10.7. The second-order valence-electron chi connectivity index (χ2n) is 5.18. The van der Waals surface area contributed by atoms with Gasteiger partial charge in [-0.1, -0.05) is 12.2 Å². The Labute approximate surface area is 125 Å². The number of nitrogens with zero attached hydrogens (tertiary/aromatic N) is 1. The lowest BCUT2D eigenvalue weighted by molar-refractivity contribution is 0.0685. The molecule has 0 unspecified atom stereocenters. The molecule has 2 rings (SSSR count). The van der Waals surface area contributed by atoms with Gasteiger partial charge in [0.25, 0.3) is 0 Å². The molecule has 0 atom stereocenters. The van der Waals surface area contributed by atoms with Crippen LogP contribution in [-0.4, -0.2) is 38.9 Å². The molecule has 1 aromatic carbocycles. The fourth-order valence-corrected chi connectivity index (χ4v) is 2.75. The first-order chi connectivity index (χ1) is 9.61. The van der Waals surface area contributed by atoms with Crippen LogP contribution in [-0.2, 0) is 4.74 Å². The van der Waals surface area contributed by atoms with Crippen molar-refractivity contribution in [2.24, 2.45) is 11.7 Å². The third-order valence-corrected chi connectivity index (χ3v) is 3.97. The Kier molecular flexibility index (Phi) is 5.20. The van der Waals surface area contributed by atoms with Gasteiger partial charge in [0.15, 0.2) is 0 Å². The van der Waals surface area contributed by atoms with Crippen molar-refractivity contribution in [2.45, 2.75) is 12.8 Å². The molecule has 0 spiro atoms. The summed E-state index contributed by atoms with van der Waals surface area (Å²) in [4.78, 5) is 2.63. The van der Waals surface area contributed by atoms with Gasteiger partial charge in [-0.15, -0.1) is 0 Å². The van der Waals surface area contributed by atoms with Crippen molar-refractivity contribution in [3.05, 3.63) is 23.8 Å². The Balaban J connectivity index is 2.17. The second kappa shape index (κ2) is 6.90. The molecule has 2 N–H and O–H groups in total. The van der Waals surface area contributed by atoms with Gasteiger partial charge < -0.3 is 20.1 Å². The fraction of sp³-hybridized carbons (Fsp3) is 0.533. The molecule has 1 fully saturated rings. The van der Waals surface area contributed by atoms with E-state index in [1.807, 2.05) is 18.2 Å². The van der Waals surface area contributed by atoms with Crippen molar-refractivity contribution < 1.29 is 9.47 Å². The standard InChI is InChI=1S/C15H22N2O2S/c1-17(10-11-5-7-19-8-6-11)14-9-12(18-2)3-4-13(14)15(16)20/h3-4,9,11H,5-8,10H2,1-2H3,(H2,16,20). The summed E-state index contributed by atoms with van der Waals surface area (Å²) in [7, 11) is 3.74. The Morgan fingerprint density at radius 2 is 2.15 bits per heavy atom. The van der Waals surface area contributed by atoms with Crippen LogP contribution in [0.4, 0.5) is 5.69 Å². The first-order valence-corrected chi connectivity index (χ1v) is 7.29. The molecule has 0 amide bonds. The topological polar surface area (TPSA) is 47.7 Å². The molecule has 5 heteroatoms. The minimum Gasteiger partial charge on any atom is -0.497 e. The number of ether oxygens (including phenoxy) is 2. The molecule has 20 heavy (non-hydrogen) atoms. The average Bonchev–Trinajstić information content (AvgIpc) is 2.47. The SMILES string of the molecule is COc1ccc(C(N)=S)c(N(C)CC2CCOCC2)c1. The minimum absolute atomic E-state index is 0.418. The molecule has 4 nitrogen and oxygen atoms in total. The number of nitrogens with two attached hydrogens (primary N) is 1. The first kappa shape index (κ1) is 15.1. The first-order valence-electron chi connectivity index (χ1n) is 6.88. The van der Waals surface area contributed by atoms with E-state index < -0.39 is 0 Å². The highest BCUT2D eigenvalue weighted by atomic mass is 32.1. The van der Waals surface area contributed by atoms with Crippen LogP contribution in [0.2, 0.25) is 0 Å². The van der Waals surface area contributed by atoms with E-state index in [1.54, 1.807) is 7.11 Å². The normalized spacial score (nSPS) is 15.9. The van der Waals surface area contributed by atoms with Crippen molar-refractivity contribution >= 4 is 22.9 Å². The predicted octanol–water partition coefficient (Wildman–Crippen LogP) is 2.19. The predicted molar refractivity (Wildman–Crippen MR) is 85.7 cm³/mol. The van der Waals surface area contributed by atoms with E-state index in [0.29, 0.717) is 10.9 Å². The quantitative estimate of drug-likeness (QED) is 0.844. The lowest BCUT2D eigenvalue weighted by atomic mass is 9.99. The third kappa shape index (κ3) is 3.61. The summed E-state index contributed by atoms with van der Waals surface area (Å²) in [6.45, 7) is 2.70. The fourth-order valence-electron chi connectivity index (χ4n) is 2.58. The number of rotatable bonds is 5. The molecular formula is C15H22N2O2S. The number of hydrogen-bond donors (Lipinski definition) is 1. The van der Waals surface area contributed by atoms with Gasteiger partial charge in [0.05, 0.1) is 12.8 Å². The maximum Gasteiger partial charge on any atom is 0.120 e. The van der Waals surface area contributed by atoms with Gasteiger partial charge in [-0.3, -0.25) is 0 Å². The summed E-state index contributed by atoms with van der Waals surface area (Å²) in [6.07, 6.45) is 2.22. The Hall–Kier alpha value is -1.33. The van der Waals surface area contributed by atoms with Crippen molar-refractivity contribution in [2.75, 3.05) is 38.8 Å². The molecule has 1 aliphatic rings. The van der Waals surface area contributed by atoms with Crippen LogP contribution in [0.15, 0.2) is 18.2 Å². The van der Waals surface area contributed by atoms with Gasteiger partial charge in [-0.25, -0.2) is 0 Å². The van der Waals surface area contributed by atoms with Crippen LogP contribution in [0.1, 0.15) is 18.4 Å². The van der Waals surface area contributed by atoms with Gasteiger partial charge >= 0.3 is 0 Å². The summed E-state index contributed by atoms with van der Waals surface area (Å²) in [5.41, 5.74) is 7.75. The Morgan fingerprint density at radius 1 is 1.45 bits per heavy atom. The highest BCUT2D eigenvalue weighted by Gasteiger charge is 2.18. The van der Waals surface area contributed by atoms with Gasteiger partial charge in [0.1, 0.15) is 10.7 Å². The number of methoxy groups -OCH3 is 1. The van der Waals surface area contributed by atoms with Crippen molar-refractivity contribution in [1.29, 1.82) is 0 Å². The molecular weight excluding hydrogens is 272 g/mol. The number of thiocarbonyl (C=S) groups is 1. The monoisotopic (exact) mass is 294 g/mol. The van der Waals surface area contributed by atoms with E-state index in [9.17, 15) is 0 Å². The third-order valence-electron chi connectivity index (χ3n) is 3.75. The lowest BCUT2D eigenvalue weighted by Crippen LogP contribution is -2.31. The number of benzene rings is 1. The Bertz CT molecular complexity index is 473. The molecule has 110 valence electrons. The van der Waals surface area contributed by atoms with Crippen LogP contribution in [0.5, 0.6) is 5.75 Å².